The minimum Gasteiger partial charge on any atom is -0.467 e. The highest BCUT2D eigenvalue weighted by atomic mass is 35.5. The van der Waals surface area contributed by atoms with Crippen molar-refractivity contribution in [3.05, 3.63) is 11.2 Å². The molecule has 1 heterocycles. The highest BCUT2D eigenvalue weighted by Gasteiger charge is 2.11. The zero-order valence-corrected chi connectivity index (χ0v) is 9.99. The molecule has 0 fully saturated rings. The second-order valence-electron chi connectivity index (χ2n) is 3.09. The van der Waals surface area contributed by atoms with E-state index in [2.05, 4.69) is 15.3 Å². The van der Waals surface area contributed by atoms with Crippen molar-refractivity contribution in [2.45, 2.75) is 6.04 Å². The van der Waals surface area contributed by atoms with Crippen LogP contribution in [-0.4, -0.2) is 43.4 Å². The van der Waals surface area contributed by atoms with E-state index in [1.165, 1.54) is 13.3 Å². The van der Waals surface area contributed by atoms with Crippen LogP contribution in [0.15, 0.2) is 6.20 Å². The van der Waals surface area contributed by atoms with Gasteiger partial charge in [0.25, 0.3) is 0 Å². The minimum atomic E-state index is -0.0536. The molecule has 90 valence electrons. The second-order valence-corrected chi connectivity index (χ2v) is 3.49. The Hall–Kier alpha value is -1.11. The number of ether oxygens (including phenoxy) is 2. The lowest BCUT2D eigenvalue weighted by atomic mass is 10.3. The van der Waals surface area contributed by atoms with Gasteiger partial charge in [0.2, 0.25) is 0 Å². The third kappa shape index (κ3) is 3.48. The van der Waals surface area contributed by atoms with E-state index < -0.39 is 0 Å². The van der Waals surface area contributed by atoms with Crippen LogP contribution in [0.4, 0.5) is 5.82 Å². The molecule has 0 aliphatic carbocycles. The highest BCUT2D eigenvalue weighted by Crippen LogP contribution is 2.20. The van der Waals surface area contributed by atoms with E-state index >= 15 is 0 Å². The molecule has 1 rings (SSSR count). The first-order valence-corrected chi connectivity index (χ1v) is 5.11. The molecule has 0 amide bonds. The van der Waals surface area contributed by atoms with Gasteiger partial charge in [-0.05, 0) is 0 Å². The van der Waals surface area contributed by atoms with Crippen molar-refractivity contribution in [2.75, 3.05) is 32.7 Å². The monoisotopic (exact) mass is 246 g/mol. The maximum Gasteiger partial charge on any atom is 0.318 e. The number of nitrogens with one attached hydrogen (secondary N) is 1. The van der Waals surface area contributed by atoms with Crippen LogP contribution in [0, 0.1) is 0 Å². The van der Waals surface area contributed by atoms with Crippen molar-refractivity contribution >= 4 is 17.4 Å². The lowest BCUT2D eigenvalue weighted by molar-refractivity contribution is 0.187. The van der Waals surface area contributed by atoms with Gasteiger partial charge in [0.15, 0.2) is 5.82 Å². The van der Waals surface area contributed by atoms with E-state index in [-0.39, 0.29) is 12.1 Å². The smallest absolute Gasteiger partial charge is 0.318 e. The third-order valence-corrected chi connectivity index (χ3v) is 2.17. The van der Waals surface area contributed by atoms with Crippen molar-refractivity contribution in [1.82, 2.24) is 9.97 Å². The molecule has 0 aromatic carbocycles. The van der Waals surface area contributed by atoms with Gasteiger partial charge in [-0.1, -0.05) is 11.6 Å². The first-order valence-electron chi connectivity index (χ1n) is 4.73. The molecule has 16 heavy (non-hydrogen) atoms. The number of aromatic nitrogens is 2. The standard InChI is InChI=1S/C9H15ClN4O2/c1-15-5-6(3-11)13-8-7(10)4-12-9(14-8)16-2/h4,6H,3,5,11H2,1-2H3,(H,12,13,14). The molecule has 1 unspecified atom stereocenters. The molecule has 1 atom stereocenters. The van der Waals surface area contributed by atoms with E-state index in [4.69, 9.17) is 26.8 Å². The van der Waals surface area contributed by atoms with E-state index in [0.717, 1.165) is 0 Å². The number of hydrogen-bond acceptors (Lipinski definition) is 6. The molecule has 0 spiro atoms. The van der Waals surface area contributed by atoms with Crippen LogP contribution >= 0.6 is 11.6 Å². The Balaban J connectivity index is 2.77. The van der Waals surface area contributed by atoms with Crippen LogP contribution in [0.2, 0.25) is 5.02 Å². The molecule has 6 nitrogen and oxygen atoms in total. The van der Waals surface area contributed by atoms with Gasteiger partial charge in [0.05, 0.1) is 26.0 Å². The van der Waals surface area contributed by atoms with Gasteiger partial charge in [0, 0.05) is 13.7 Å². The number of rotatable bonds is 6. The Bertz CT molecular complexity index is 337. The fraction of sp³-hybridized carbons (Fsp3) is 0.556. The predicted molar refractivity (Wildman–Crippen MR) is 61.9 cm³/mol. The maximum atomic E-state index is 5.93. The lowest BCUT2D eigenvalue weighted by Gasteiger charge is -2.17. The predicted octanol–water partition coefficient (Wildman–Crippen LogP) is 0.524. The summed E-state index contributed by atoms with van der Waals surface area (Å²) in [6.07, 6.45) is 1.47. The normalized spacial score (nSPS) is 12.2. The summed E-state index contributed by atoms with van der Waals surface area (Å²) in [7, 11) is 3.09. The largest absolute Gasteiger partial charge is 0.467 e. The Morgan fingerprint density at radius 1 is 1.56 bits per heavy atom. The van der Waals surface area contributed by atoms with Crippen molar-refractivity contribution in [3.8, 4) is 6.01 Å². The van der Waals surface area contributed by atoms with Gasteiger partial charge >= 0.3 is 6.01 Å². The van der Waals surface area contributed by atoms with E-state index in [1.54, 1.807) is 7.11 Å². The third-order valence-electron chi connectivity index (χ3n) is 1.90. The Labute approximate surface area is 99.1 Å². The molecule has 7 heteroatoms. The summed E-state index contributed by atoms with van der Waals surface area (Å²) in [5.41, 5.74) is 5.57. The van der Waals surface area contributed by atoms with Crippen LogP contribution in [0.1, 0.15) is 0 Å². The zero-order valence-electron chi connectivity index (χ0n) is 9.24. The van der Waals surface area contributed by atoms with E-state index in [1.807, 2.05) is 0 Å². The van der Waals surface area contributed by atoms with E-state index in [0.29, 0.717) is 24.0 Å². The van der Waals surface area contributed by atoms with Crippen molar-refractivity contribution in [3.63, 3.8) is 0 Å². The molecule has 0 saturated heterocycles. The molecule has 0 saturated carbocycles. The van der Waals surface area contributed by atoms with Crippen LogP contribution < -0.4 is 15.8 Å². The second kappa shape index (κ2) is 6.47. The summed E-state index contributed by atoms with van der Waals surface area (Å²) in [6, 6.07) is 0.196. The van der Waals surface area contributed by atoms with Gasteiger partial charge in [-0.25, -0.2) is 4.98 Å². The van der Waals surface area contributed by atoms with Crippen LogP contribution in [0.5, 0.6) is 6.01 Å². The van der Waals surface area contributed by atoms with Crippen LogP contribution in [-0.2, 0) is 4.74 Å². The van der Waals surface area contributed by atoms with Gasteiger partial charge in [-0.15, -0.1) is 0 Å². The summed E-state index contributed by atoms with van der Waals surface area (Å²) in [5.74, 6) is 0.487. The molecule has 1 aromatic rings. The number of hydrogen-bond donors (Lipinski definition) is 2. The summed E-state index contributed by atoms with van der Waals surface area (Å²) in [5, 5.41) is 3.47. The Morgan fingerprint density at radius 2 is 2.31 bits per heavy atom. The highest BCUT2D eigenvalue weighted by molar-refractivity contribution is 6.32. The van der Waals surface area contributed by atoms with E-state index in [9.17, 15) is 0 Å². The van der Waals surface area contributed by atoms with Gasteiger partial charge < -0.3 is 20.5 Å². The molecule has 0 aliphatic heterocycles. The van der Waals surface area contributed by atoms with Crippen molar-refractivity contribution in [1.29, 1.82) is 0 Å². The van der Waals surface area contributed by atoms with Gasteiger partial charge in [-0.3, -0.25) is 0 Å². The summed E-state index contributed by atoms with van der Waals surface area (Å²) < 4.78 is 9.90. The summed E-state index contributed by atoms with van der Waals surface area (Å²) in [6.45, 7) is 0.885. The van der Waals surface area contributed by atoms with Gasteiger partial charge in [-0.2, -0.15) is 4.98 Å². The maximum absolute atomic E-state index is 5.93. The topological polar surface area (TPSA) is 82.3 Å². The molecular formula is C9H15ClN4O2. The molecule has 0 bridgehead atoms. The number of nitrogens with zero attached hydrogens (tertiary/aromatic N) is 2. The molecular weight excluding hydrogens is 232 g/mol. The summed E-state index contributed by atoms with van der Waals surface area (Å²) >= 11 is 5.93. The molecule has 3 N–H and O–H groups in total. The number of methoxy groups -OCH3 is 2. The quantitative estimate of drug-likeness (QED) is 0.762. The van der Waals surface area contributed by atoms with Crippen LogP contribution in [0.25, 0.3) is 0 Å². The molecule has 0 radical (unpaired) electrons. The zero-order chi connectivity index (χ0) is 12.0. The average Bonchev–Trinajstić information content (AvgIpc) is 2.31. The summed E-state index contributed by atoms with van der Waals surface area (Å²) in [4.78, 5) is 7.94. The number of anilines is 1. The van der Waals surface area contributed by atoms with Crippen molar-refractivity contribution in [2.24, 2.45) is 5.73 Å². The first-order chi connectivity index (χ1) is 7.71. The number of nitrogens with two attached hydrogens (primary N) is 1. The molecule has 1 aromatic heterocycles. The number of halogens is 1. The lowest BCUT2D eigenvalue weighted by Crippen LogP contribution is -2.33. The van der Waals surface area contributed by atoms with Gasteiger partial charge in [0.1, 0.15) is 5.02 Å². The molecule has 0 aliphatic rings. The van der Waals surface area contributed by atoms with Crippen molar-refractivity contribution < 1.29 is 9.47 Å². The SMILES string of the molecule is COCC(CN)Nc1nc(OC)ncc1Cl. The average molecular weight is 247 g/mol. The fourth-order valence-corrected chi connectivity index (χ4v) is 1.26. The Morgan fingerprint density at radius 3 is 2.88 bits per heavy atom. The first kappa shape index (κ1) is 13.0. The van der Waals surface area contributed by atoms with Crippen LogP contribution in [0.3, 0.4) is 0 Å². The minimum absolute atomic E-state index is 0.0536. The Kier molecular flexibility index (Phi) is 5.24. The fourth-order valence-electron chi connectivity index (χ4n) is 1.11.